The molecule has 1 aromatic carbocycles. The van der Waals surface area contributed by atoms with Crippen LogP contribution in [-0.2, 0) is 17.6 Å². The zero-order valence-corrected chi connectivity index (χ0v) is 17.6. The van der Waals surface area contributed by atoms with E-state index in [4.69, 9.17) is 0 Å². The van der Waals surface area contributed by atoms with Gasteiger partial charge in [0.1, 0.15) is 0 Å². The smallest absolute Gasteiger partial charge is 0.252 e. The van der Waals surface area contributed by atoms with Crippen LogP contribution in [0.4, 0.5) is 0 Å². The van der Waals surface area contributed by atoms with E-state index in [9.17, 15) is 9.59 Å². The standard InChI is InChI=1S/C13H18N2O2S.C10H12/c1-10(16)15-5-2-11(3-6-15)8-14-13(17)12-4-7-18-9-12;1-8-6-9-4-2-3-5-10(9)7-8/h4,7,9,11H,2-3,5-6,8H2,1H3,(H,14,17);2-5,8H,6-7H2,1H3. The predicted molar refractivity (Wildman–Crippen MR) is 115 cm³/mol. The minimum atomic E-state index is 0.00486. The van der Waals surface area contributed by atoms with E-state index < -0.39 is 0 Å². The first-order valence-electron chi connectivity index (χ1n) is 10.2. The summed E-state index contributed by atoms with van der Waals surface area (Å²) in [5.74, 6) is 1.52. The van der Waals surface area contributed by atoms with Gasteiger partial charge in [-0.3, -0.25) is 9.59 Å². The molecule has 2 heterocycles. The number of nitrogens with zero attached hydrogens (tertiary/aromatic N) is 1. The number of likely N-dealkylation sites (tertiary alicyclic amines) is 1. The second-order valence-corrected chi connectivity index (χ2v) is 8.73. The van der Waals surface area contributed by atoms with Crippen molar-refractivity contribution in [2.75, 3.05) is 19.6 Å². The van der Waals surface area contributed by atoms with Crippen molar-refractivity contribution in [3.63, 3.8) is 0 Å². The van der Waals surface area contributed by atoms with Crippen LogP contribution < -0.4 is 5.32 Å². The number of piperidine rings is 1. The van der Waals surface area contributed by atoms with Gasteiger partial charge in [0.2, 0.25) is 5.91 Å². The number of amides is 2. The quantitative estimate of drug-likeness (QED) is 0.844. The maximum atomic E-state index is 11.8. The molecule has 4 nitrogen and oxygen atoms in total. The van der Waals surface area contributed by atoms with Crippen molar-refractivity contribution >= 4 is 23.2 Å². The highest BCUT2D eigenvalue weighted by molar-refractivity contribution is 7.08. The molecule has 1 N–H and O–H groups in total. The summed E-state index contributed by atoms with van der Waals surface area (Å²) in [6.45, 7) is 6.27. The van der Waals surface area contributed by atoms with Crippen molar-refractivity contribution in [3.05, 3.63) is 57.8 Å². The van der Waals surface area contributed by atoms with Gasteiger partial charge in [-0.2, -0.15) is 11.3 Å². The lowest BCUT2D eigenvalue weighted by Gasteiger charge is -2.31. The average Bonchev–Trinajstić information content (AvgIpc) is 3.35. The molecule has 0 unspecified atom stereocenters. The molecule has 1 aliphatic heterocycles. The van der Waals surface area contributed by atoms with Gasteiger partial charge < -0.3 is 10.2 Å². The molecule has 0 atom stereocenters. The van der Waals surface area contributed by atoms with Crippen LogP contribution in [0.3, 0.4) is 0 Å². The number of fused-ring (bicyclic) bond motifs is 1. The van der Waals surface area contributed by atoms with Gasteiger partial charge in [-0.15, -0.1) is 0 Å². The van der Waals surface area contributed by atoms with Crippen LogP contribution in [0.2, 0.25) is 0 Å². The van der Waals surface area contributed by atoms with E-state index in [-0.39, 0.29) is 11.8 Å². The zero-order valence-electron chi connectivity index (χ0n) is 16.8. The van der Waals surface area contributed by atoms with E-state index in [1.165, 1.54) is 24.2 Å². The van der Waals surface area contributed by atoms with Gasteiger partial charge in [-0.1, -0.05) is 31.2 Å². The van der Waals surface area contributed by atoms with E-state index in [0.717, 1.165) is 37.4 Å². The first kappa shape index (κ1) is 20.6. The van der Waals surface area contributed by atoms with Crippen molar-refractivity contribution in [3.8, 4) is 0 Å². The Labute approximate surface area is 172 Å². The highest BCUT2D eigenvalue weighted by Gasteiger charge is 2.21. The minimum absolute atomic E-state index is 0.00486. The van der Waals surface area contributed by atoms with Gasteiger partial charge in [-0.05, 0) is 60.1 Å². The Morgan fingerprint density at radius 2 is 1.75 bits per heavy atom. The molecule has 1 fully saturated rings. The van der Waals surface area contributed by atoms with Crippen LogP contribution in [-0.4, -0.2) is 36.3 Å². The fourth-order valence-corrected chi connectivity index (χ4v) is 4.60. The number of carbonyl (C=O) groups is 2. The third-order valence-corrected chi connectivity index (χ3v) is 6.33. The van der Waals surface area contributed by atoms with Gasteiger partial charge in [-0.25, -0.2) is 0 Å². The van der Waals surface area contributed by atoms with E-state index in [1.54, 1.807) is 18.1 Å². The average molecular weight is 399 g/mol. The number of hydrogen-bond acceptors (Lipinski definition) is 3. The molecule has 4 rings (SSSR count). The van der Waals surface area contributed by atoms with Gasteiger partial charge in [0.15, 0.2) is 0 Å². The molecule has 2 amide bonds. The molecular weight excluding hydrogens is 368 g/mol. The van der Waals surface area contributed by atoms with Gasteiger partial charge in [0.05, 0.1) is 0 Å². The molecule has 2 aliphatic rings. The second kappa shape index (κ2) is 9.87. The molecule has 5 heteroatoms. The molecule has 1 aliphatic carbocycles. The number of hydrogen-bond donors (Lipinski definition) is 1. The number of thiophene rings is 1. The summed E-state index contributed by atoms with van der Waals surface area (Å²) in [6.07, 6.45) is 4.53. The van der Waals surface area contributed by atoms with Gasteiger partial charge in [0, 0.05) is 37.5 Å². The summed E-state index contributed by atoms with van der Waals surface area (Å²) in [5, 5.41) is 6.72. The Kier molecular flexibility index (Phi) is 7.26. The Hall–Kier alpha value is -2.14. The molecule has 0 spiro atoms. The zero-order chi connectivity index (χ0) is 19.9. The predicted octanol–water partition coefficient (Wildman–Crippen LogP) is 4.16. The molecule has 0 radical (unpaired) electrons. The van der Waals surface area contributed by atoms with E-state index in [1.807, 2.05) is 21.7 Å². The summed E-state index contributed by atoms with van der Waals surface area (Å²) >= 11 is 1.53. The highest BCUT2D eigenvalue weighted by atomic mass is 32.1. The number of carbonyl (C=O) groups excluding carboxylic acids is 2. The number of rotatable bonds is 3. The maximum absolute atomic E-state index is 11.8. The molecule has 1 saturated heterocycles. The first-order chi connectivity index (χ1) is 13.5. The Morgan fingerprint density at radius 1 is 1.11 bits per heavy atom. The van der Waals surface area contributed by atoms with Crippen molar-refractivity contribution in [2.45, 2.75) is 39.5 Å². The molecule has 0 saturated carbocycles. The fraction of sp³-hybridized carbons (Fsp3) is 0.478. The highest BCUT2D eigenvalue weighted by Crippen LogP contribution is 2.25. The van der Waals surface area contributed by atoms with E-state index in [0.29, 0.717) is 12.5 Å². The maximum Gasteiger partial charge on any atom is 0.252 e. The van der Waals surface area contributed by atoms with Crippen molar-refractivity contribution < 1.29 is 9.59 Å². The molecule has 150 valence electrons. The third kappa shape index (κ3) is 5.68. The lowest BCUT2D eigenvalue weighted by atomic mass is 9.96. The van der Waals surface area contributed by atoms with E-state index in [2.05, 4.69) is 36.5 Å². The Bertz CT molecular complexity index is 755. The molecule has 2 aromatic rings. The monoisotopic (exact) mass is 398 g/mol. The second-order valence-electron chi connectivity index (χ2n) is 7.95. The van der Waals surface area contributed by atoms with Crippen LogP contribution in [0.15, 0.2) is 41.1 Å². The van der Waals surface area contributed by atoms with Crippen LogP contribution in [0.1, 0.15) is 48.2 Å². The number of nitrogens with one attached hydrogen (secondary N) is 1. The molecule has 28 heavy (non-hydrogen) atoms. The minimum Gasteiger partial charge on any atom is -0.352 e. The Balaban J connectivity index is 0.000000188. The van der Waals surface area contributed by atoms with Gasteiger partial charge in [0.25, 0.3) is 5.91 Å². The summed E-state index contributed by atoms with van der Waals surface area (Å²) in [6, 6.07) is 10.6. The summed E-state index contributed by atoms with van der Waals surface area (Å²) in [5.41, 5.74) is 3.87. The third-order valence-electron chi connectivity index (χ3n) is 5.65. The van der Waals surface area contributed by atoms with Crippen molar-refractivity contribution in [2.24, 2.45) is 11.8 Å². The van der Waals surface area contributed by atoms with Crippen LogP contribution in [0.25, 0.3) is 0 Å². The lowest BCUT2D eigenvalue weighted by Crippen LogP contribution is -2.40. The van der Waals surface area contributed by atoms with E-state index >= 15 is 0 Å². The Morgan fingerprint density at radius 3 is 2.29 bits per heavy atom. The normalized spacial score (nSPS) is 16.9. The molecule has 0 bridgehead atoms. The summed E-state index contributed by atoms with van der Waals surface area (Å²) in [7, 11) is 0. The van der Waals surface area contributed by atoms with Crippen molar-refractivity contribution in [1.82, 2.24) is 10.2 Å². The largest absolute Gasteiger partial charge is 0.352 e. The first-order valence-corrected chi connectivity index (χ1v) is 11.1. The van der Waals surface area contributed by atoms with Gasteiger partial charge >= 0.3 is 0 Å². The topological polar surface area (TPSA) is 49.4 Å². The summed E-state index contributed by atoms with van der Waals surface area (Å²) < 4.78 is 0. The molecular formula is C23H30N2O2S. The van der Waals surface area contributed by atoms with Crippen molar-refractivity contribution in [1.29, 1.82) is 0 Å². The van der Waals surface area contributed by atoms with Crippen LogP contribution in [0, 0.1) is 11.8 Å². The fourth-order valence-electron chi connectivity index (χ4n) is 3.96. The number of benzene rings is 1. The molecule has 1 aromatic heterocycles. The van der Waals surface area contributed by atoms with Crippen LogP contribution in [0.5, 0.6) is 0 Å². The van der Waals surface area contributed by atoms with Crippen LogP contribution >= 0.6 is 11.3 Å². The summed E-state index contributed by atoms with van der Waals surface area (Å²) in [4.78, 5) is 24.8. The lowest BCUT2D eigenvalue weighted by molar-refractivity contribution is -0.130. The SMILES string of the molecule is CC(=O)N1CCC(CNC(=O)c2ccsc2)CC1.CC1Cc2ccccc2C1.